The third-order valence-electron chi connectivity index (χ3n) is 3.19. The lowest BCUT2D eigenvalue weighted by atomic mass is 10.00. The number of hydrogen-bond acceptors (Lipinski definition) is 3. The van der Waals surface area contributed by atoms with Gasteiger partial charge >= 0.3 is 5.97 Å². The Morgan fingerprint density at radius 1 is 1.37 bits per heavy atom. The van der Waals surface area contributed by atoms with E-state index in [0.29, 0.717) is 0 Å². The second-order valence-electron chi connectivity index (χ2n) is 4.89. The molecule has 0 spiro atoms. The van der Waals surface area contributed by atoms with Crippen LogP contribution in [0.4, 0.5) is 0 Å². The SMILES string of the molecule is COCCCN(C)Cc1ccc(C(C)C(=O)O)cc1. The van der Waals surface area contributed by atoms with E-state index in [1.165, 1.54) is 5.56 Å². The largest absolute Gasteiger partial charge is 0.481 e. The van der Waals surface area contributed by atoms with Gasteiger partial charge in [0.1, 0.15) is 0 Å². The van der Waals surface area contributed by atoms with E-state index in [9.17, 15) is 4.79 Å². The van der Waals surface area contributed by atoms with Gasteiger partial charge in [0.25, 0.3) is 0 Å². The molecule has 0 aliphatic heterocycles. The topological polar surface area (TPSA) is 49.8 Å². The fourth-order valence-electron chi connectivity index (χ4n) is 1.92. The molecule has 1 unspecified atom stereocenters. The Balaban J connectivity index is 2.50. The predicted octanol–water partition coefficient (Wildman–Crippen LogP) is 2.34. The third kappa shape index (κ3) is 5.41. The van der Waals surface area contributed by atoms with Gasteiger partial charge in [0.05, 0.1) is 5.92 Å². The van der Waals surface area contributed by atoms with Gasteiger partial charge in [0, 0.05) is 26.8 Å². The van der Waals surface area contributed by atoms with Gasteiger partial charge in [-0.05, 0) is 31.5 Å². The van der Waals surface area contributed by atoms with E-state index in [4.69, 9.17) is 9.84 Å². The first kappa shape index (κ1) is 15.7. The second kappa shape index (κ2) is 7.92. The van der Waals surface area contributed by atoms with Gasteiger partial charge < -0.3 is 14.7 Å². The van der Waals surface area contributed by atoms with E-state index < -0.39 is 11.9 Å². The molecule has 0 heterocycles. The summed E-state index contributed by atoms with van der Waals surface area (Å²) in [4.78, 5) is 13.1. The van der Waals surface area contributed by atoms with Crippen molar-refractivity contribution in [2.75, 3.05) is 27.3 Å². The molecule has 1 atom stereocenters. The van der Waals surface area contributed by atoms with Crippen molar-refractivity contribution in [3.05, 3.63) is 35.4 Å². The summed E-state index contributed by atoms with van der Waals surface area (Å²) < 4.78 is 5.02. The van der Waals surface area contributed by atoms with Crippen LogP contribution < -0.4 is 0 Å². The first-order valence-corrected chi connectivity index (χ1v) is 6.53. The maximum atomic E-state index is 10.9. The second-order valence-corrected chi connectivity index (χ2v) is 4.89. The van der Waals surface area contributed by atoms with Crippen molar-refractivity contribution in [3.63, 3.8) is 0 Å². The molecule has 1 aromatic rings. The van der Waals surface area contributed by atoms with Crippen LogP contribution in [-0.4, -0.2) is 43.3 Å². The summed E-state index contributed by atoms with van der Waals surface area (Å²) in [6.45, 7) is 4.33. The van der Waals surface area contributed by atoms with Crippen molar-refractivity contribution in [1.29, 1.82) is 0 Å². The standard InChI is InChI=1S/C15H23NO3/c1-12(15(17)18)14-7-5-13(6-8-14)11-16(2)9-4-10-19-3/h5-8,12H,4,9-11H2,1-3H3,(H,17,18). The molecular formula is C15H23NO3. The van der Waals surface area contributed by atoms with Crippen LogP contribution in [0.25, 0.3) is 0 Å². The quantitative estimate of drug-likeness (QED) is 0.733. The number of carboxylic acids is 1. The molecule has 4 heteroatoms. The summed E-state index contributed by atoms with van der Waals surface area (Å²) in [5.41, 5.74) is 2.04. The van der Waals surface area contributed by atoms with Crippen LogP contribution in [0.2, 0.25) is 0 Å². The first-order chi connectivity index (χ1) is 9.04. The summed E-state index contributed by atoms with van der Waals surface area (Å²) in [5, 5.41) is 8.95. The molecule has 0 saturated carbocycles. The normalized spacial score (nSPS) is 12.6. The first-order valence-electron chi connectivity index (χ1n) is 6.53. The Morgan fingerprint density at radius 3 is 2.53 bits per heavy atom. The number of ether oxygens (including phenoxy) is 1. The van der Waals surface area contributed by atoms with Crippen molar-refractivity contribution < 1.29 is 14.6 Å². The minimum Gasteiger partial charge on any atom is -0.481 e. The van der Waals surface area contributed by atoms with E-state index >= 15 is 0 Å². The summed E-state index contributed by atoms with van der Waals surface area (Å²) in [5.74, 6) is -1.24. The van der Waals surface area contributed by atoms with Gasteiger partial charge in [-0.15, -0.1) is 0 Å². The van der Waals surface area contributed by atoms with E-state index in [1.54, 1.807) is 14.0 Å². The van der Waals surface area contributed by atoms with Gasteiger partial charge in [-0.2, -0.15) is 0 Å². The van der Waals surface area contributed by atoms with Crippen molar-refractivity contribution >= 4 is 5.97 Å². The van der Waals surface area contributed by atoms with Gasteiger partial charge in [0.15, 0.2) is 0 Å². The molecule has 0 aliphatic carbocycles. The maximum Gasteiger partial charge on any atom is 0.310 e. The zero-order valence-electron chi connectivity index (χ0n) is 11.9. The van der Waals surface area contributed by atoms with Crippen LogP contribution in [0.15, 0.2) is 24.3 Å². The lowest BCUT2D eigenvalue weighted by Crippen LogP contribution is -2.20. The highest BCUT2D eigenvalue weighted by Gasteiger charge is 2.13. The molecule has 106 valence electrons. The minimum absolute atomic E-state index is 0.450. The van der Waals surface area contributed by atoms with Gasteiger partial charge in [-0.25, -0.2) is 0 Å². The van der Waals surface area contributed by atoms with Crippen LogP contribution in [0.5, 0.6) is 0 Å². The van der Waals surface area contributed by atoms with E-state index in [0.717, 1.165) is 31.7 Å². The molecule has 1 rings (SSSR count). The average Bonchev–Trinajstić information content (AvgIpc) is 2.39. The fraction of sp³-hybridized carbons (Fsp3) is 0.533. The van der Waals surface area contributed by atoms with Crippen LogP contribution in [0.1, 0.15) is 30.4 Å². The molecule has 4 nitrogen and oxygen atoms in total. The Labute approximate surface area is 115 Å². The van der Waals surface area contributed by atoms with Crippen molar-refractivity contribution in [3.8, 4) is 0 Å². The molecule has 0 aliphatic rings. The number of carbonyl (C=O) groups is 1. The molecular weight excluding hydrogens is 242 g/mol. The van der Waals surface area contributed by atoms with E-state index in [2.05, 4.69) is 11.9 Å². The zero-order chi connectivity index (χ0) is 14.3. The van der Waals surface area contributed by atoms with Crippen LogP contribution in [0.3, 0.4) is 0 Å². The van der Waals surface area contributed by atoms with E-state index in [1.807, 2.05) is 24.3 Å². The molecule has 0 saturated heterocycles. The zero-order valence-corrected chi connectivity index (χ0v) is 11.9. The molecule has 0 aromatic heterocycles. The molecule has 0 amide bonds. The number of aliphatic carboxylic acids is 1. The number of rotatable bonds is 8. The minimum atomic E-state index is -0.788. The summed E-state index contributed by atoms with van der Waals surface area (Å²) in [6, 6.07) is 7.80. The molecule has 0 radical (unpaired) electrons. The number of methoxy groups -OCH3 is 1. The molecule has 19 heavy (non-hydrogen) atoms. The van der Waals surface area contributed by atoms with E-state index in [-0.39, 0.29) is 0 Å². The lowest BCUT2D eigenvalue weighted by Gasteiger charge is -2.17. The maximum absolute atomic E-state index is 10.9. The van der Waals surface area contributed by atoms with Crippen LogP contribution in [-0.2, 0) is 16.1 Å². The number of carboxylic acid groups (broad SMARTS) is 1. The Kier molecular flexibility index (Phi) is 6.53. The van der Waals surface area contributed by atoms with Gasteiger partial charge in [-0.1, -0.05) is 24.3 Å². The number of nitrogens with zero attached hydrogens (tertiary/aromatic N) is 1. The fourth-order valence-corrected chi connectivity index (χ4v) is 1.92. The van der Waals surface area contributed by atoms with Crippen LogP contribution in [0, 0.1) is 0 Å². The smallest absolute Gasteiger partial charge is 0.310 e. The van der Waals surface area contributed by atoms with Crippen molar-refractivity contribution in [2.24, 2.45) is 0 Å². The Morgan fingerprint density at radius 2 is 2.00 bits per heavy atom. The van der Waals surface area contributed by atoms with Crippen molar-refractivity contribution in [1.82, 2.24) is 4.90 Å². The Hall–Kier alpha value is -1.39. The van der Waals surface area contributed by atoms with Crippen molar-refractivity contribution in [2.45, 2.75) is 25.8 Å². The highest BCUT2D eigenvalue weighted by molar-refractivity contribution is 5.75. The Bertz CT molecular complexity index is 389. The molecule has 1 N–H and O–H groups in total. The summed E-state index contributed by atoms with van der Waals surface area (Å²) in [7, 11) is 3.78. The average molecular weight is 265 g/mol. The number of hydrogen-bond donors (Lipinski definition) is 1. The highest BCUT2D eigenvalue weighted by Crippen LogP contribution is 2.16. The molecule has 0 fully saturated rings. The summed E-state index contributed by atoms with van der Waals surface area (Å²) in [6.07, 6.45) is 1.02. The third-order valence-corrected chi connectivity index (χ3v) is 3.19. The van der Waals surface area contributed by atoms with Crippen LogP contribution >= 0.6 is 0 Å². The summed E-state index contributed by atoms with van der Waals surface area (Å²) >= 11 is 0. The monoisotopic (exact) mass is 265 g/mol. The van der Waals surface area contributed by atoms with Gasteiger partial charge in [0.2, 0.25) is 0 Å². The molecule has 0 bridgehead atoms. The highest BCUT2D eigenvalue weighted by atomic mass is 16.5. The predicted molar refractivity (Wildman–Crippen MR) is 75.3 cm³/mol. The molecule has 1 aromatic carbocycles. The lowest BCUT2D eigenvalue weighted by molar-refractivity contribution is -0.138. The van der Waals surface area contributed by atoms with Gasteiger partial charge in [-0.3, -0.25) is 4.79 Å². The number of benzene rings is 1.